The quantitative estimate of drug-likeness (QED) is 0.904. The van der Waals surface area contributed by atoms with Crippen molar-refractivity contribution < 1.29 is 9.50 Å². The molecule has 3 nitrogen and oxygen atoms in total. The van der Waals surface area contributed by atoms with Crippen LogP contribution in [0.3, 0.4) is 0 Å². The van der Waals surface area contributed by atoms with E-state index in [0.29, 0.717) is 11.5 Å². The standard InChI is InChI=1S/C15H23FN2O/c1-17-7-5-12(6-8-17)10-18(2)15-4-3-14(16)9-13(15)11-19/h3-4,9,12,19H,5-8,10-11H2,1-2H3. The van der Waals surface area contributed by atoms with Crippen LogP contribution >= 0.6 is 0 Å². The van der Waals surface area contributed by atoms with Crippen LogP contribution in [0.2, 0.25) is 0 Å². The number of anilines is 1. The number of aliphatic hydroxyl groups is 1. The van der Waals surface area contributed by atoms with E-state index in [0.717, 1.165) is 25.3 Å². The maximum absolute atomic E-state index is 13.2. The number of halogens is 1. The summed E-state index contributed by atoms with van der Waals surface area (Å²) in [6.45, 7) is 3.14. The average molecular weight is 266 g/mol. The highest BCUT2D eigenvalue weighted by Gasteiger charge is 2.19. The number of rotatable bonds is 4. The number of hydrogen-bond acceptors (Lipinski definition) is 3. The highest BCUT2D eigenvalue weighted by atomic mass is 19.1. The summed E-state index contributed by atoms with van der Waals surface area (Å²) < 4.78 is 13.2. The fourth-order valence-corrected chi connectivity index (χ4v) is 2.78. The number of hydrogen-bond donors (Lipinski definition) is 1. The molecular weight excluding hydrogens is 243 g/mol. The molecule has 0 amide bonds. The Labute approximate surface area is 114 Å². The van der Waals surface area contributed by atoms with Crippen molar-refractivity contribution >= 4 is 5.69 Å². The fourth-order valence-electron chi connectivity index (χ4n) is 2.78. The molecule has 0 atom stereocenters. The molecular formula is C15H23FN2O. The van der Waals surface area contributed by atoms with Gasteiger partial charge in [0.1, 0.15) is 5.82 Å². The molecule has 0 spiro atoms. The molecule has 1 N–H and O–H groups in total. The first kappa shape index (κ1) is 14.3. The third-order valence-corrected chi connectivity index (χ3v) is 3.99. The lowest BCUT2D eigenvalue weighted by Crippen LogP contribution is -2.36. The van der Waals surface area contributed by atoms with Gasteiger partial charge in [0, 0.05) is 24.8 Å². The predicted octanol–water partition coefficient (Wildman–Crippen LogP) is 2.10. The van der Waals surface area contributed by atoms with Crippen molar-refractivity contribution in [3.63, 3.8) is 0 Å². The van der Waals surface area contributed by atoms with Gasteiger partial charge in [-0.1, -0.05) is 0 Å². The van der Waals surface area contributed by atoms with Crippen molar-refractivity contribution in [3.8, 4) is 0 Å². The summed E-state index contributed by atoms with van der Waals surface area (Å²) in [7, 11) is 4.18. The summed E-state index contributed by atoms with van der Waals surface area (Å²) in [6.07, 6.45) is 2.41. The topological polar surface area (TPSA) is 26.7 Å². The second kappa shape index (κ2) is 6.35. The van der Waals surface area contributed by atoms with E-state index >= 15 is 0 Å². The van der Waals surface area contributed by atoms with Crippen molar-refractivity contribution in [3.05, 3.63) is 29.6 Å². The smallest absolute Gasteiger partial charge is 0.123 e. The van der Waals surface area contributed by atoms with E-state index in [4.69, 9.17) is 0 Å². The van der Waals surface area contributed by atoms with E-state index in [-0.39, 0.29) is 12.4 Å². The van der Waals surface area contributed by atoms with Crippen LogP contribution < -0.4 is 4.90 Å². The molecule has 1 aromatic rings. The largest absolute Gasteiger partial charge is 0.392 e. The maximum Gasteiger partial charge on any atom is 0.123 e. The van der Waals surface area contributed by atoms with Gasteiger partial charge in [0.2, 0.25) is 0 Å². The molecule has 2 rings (SSSR count). The van der Waals surface area contributed by atoms with Crippen LogP contribution in [0, 0.1) is 11.7 Å². The van der Waals surface area contributed by atoms with Crippen LogP contribution in [-0.4, -0.2) is 43.7 Å². The number of piperidine rings is 1. The van der Waals surface area contributed by atoms with Gasteiger partial charge in [0.15, 0.2) is 0 Å². The van der Waals surface area contributed by atoms with Crippen LogP contribution in [0.25, 0.3) is 0 Å². The van der Waals surface area contributed by atoms with Gasteiger partial charge in [-0.25, -0.2) is 4.39 Å². The van der Waals surface area contributed by atoms with E-state index in [2.05, 4.69) is 16.8 Å². The van der Waals surface area contributed by atoms with E-state index in [9.17, 15) is 9.50 Å². The Morgan fingerprint density at radius 1 is 1.37 bits per heavy atom. The number of benzene rings is 1. The van der Waals surface area contributed by atoms with Gasteiger partial charge in [-0.2, -0.15) is 0 Å². The summed E-state index contributed by atoms with van der Waals surface area (Å²) in [4.78, 5) is 4.49. The summed E-state index contributed by atoms with van der Waals surface area (Å²) in [5, 5.41) is 9.33. The molecule has 1 heterocycles. The molecule has 0 bridgehead atoms. The molecule has 106 valence electrons. The van der Waals surface area contributed by atoms with Crippen LogP contribution in [0.1, 0.15) is 18.4 Å². The molecule has 1 fully saturated rings. The summed E-state index contributed by atoms with van der Waals surface area (Å²) in [6, 6.07) is 4.63. The zero-order valence-electron chi connectivity index (χ0n) is 11.8. The van der Waals surface area contributed by atoms with Gasteiger partial charge in [-0.15, -0.1) is 0 Å². The molecule has 0 aromatic heterocycles. The molecule has 0 unspecified atom stereocenters. The SMILES string of the molecule is CN1CCC(CN(C)c2ccc(F)cc2CO)CC1. The number of aliphatic hydroxyl groups excluding tert-OH is 1. The zero-order valence-corrected chi connectivity index (χ0v) is 11.8. The van der Waals surface area contributed by atoms with Gasteiger partial charge in [-0.05, 0) is 57.1 Å². The van der Waals surface area contributed by atoms with Gasteiger partial charge >= 0.3 is 0 Å². The first-order valence-electron chi connectivity index (χ1n) is 6.89. The Morgan fingerprint density at radius 2 is 2.05 bits per heavy atom. The molecule has 0 saturated carbocycles. The van der Waals surface area contributed by atoms with E-state index in [1.165, 1.54) is 25.0 Å². The summed E-state index contributed by atoms with van der Waals surface area (Å²) in [5.74, 6) is 0.387. The van der Waals surface area contributed by atoms with Crippen molar-refractivity contribution in [2.45, 2.75) is 19.4 Å². The molecule has 1 aromatic carbocycles. The highest BCUT2D eigenvalue weighted by molar-refractivity contribution is 5.53. The summed E-state index contributed by atoms with van der Waals surface area (Å²) in [5.41, 5.74) is 1.60. The molecule has 4 heteroatoms. The number of likely N-dealkylation sites (tertiary alicyclic amines) is 1. The highest BCUT2D eigenvalue weighted by Crippen LogP contribution is 2.24. The molecule has 0 radical (unpaired) electrons. The van der Waals surface area contributed by atoms with Gasteiger partial charge in [-0.3, -0.25) is 0 Å². The minimum atomic E-state index is -0.291. The maximum atomic E-state index is 13.2. The van der Waals surface area contributed by atoms with Gasteiger partial charge < -0.3 is 14.9 Å². The molecule has 0 aliphatic carbocycles. The monoisotopic (exact) mass is 266 g/mol. The second-order valence-corrected chi connectivity index (χ2v) is 5.56. The Balaban J connectivity index is 2.01. The Hall–Kier alpha value is -1.13. The van der Waals surface area contributed by atoms with Crippen molar-refractivity contribution in [2.75, 3.05) is 38.6 Å². The lowest BCUT2D eigenvalue weighted by molar-refractivity contribution is 0.222. The third kappa shape index (κ3) is 3.67. The summed E-state index contributed by atoms with van der Waals surface area (Å²) >= 11 is 0. The van der Waals surface area contributed by atoms with Crippen molar-refractivity contribution in [1.29, 1.82) is 0 Å². The van der Waals surface area contributed by atoms with Gasteiger partial charge in [0.05, 0.1) is 6.61 Å². The fraction of sp³-hybridized carbons (Fsp3) is 0.600. The average Bonchev–Trinajstić information content (AvgIpc) is 2.41. The van der Waals surface area contributed by atoms with Crippen LogP contribution in [0.15, 0.2) is 18.2 Å². The van der Waals surface area contributed by atoms with Crippen molar-refractivity contribution in [1.82, 2.24) is 4.90 Å². The Bertz CT molecular complexity index is 417. The first-order valence-corrected chi connectivity index (χ1v) is 6.89. The minimum Gasteiger partial charge on any atom is -0.392 e. The molecule has 1 aliphatic rings. The van der Waals surface area contributed by atoms with Crippen LogP contribution in [0.5, 0.6) is 0 Å². The first-order chi connectivity index (χ1) is 9.10. The van der Waals surface area contributed by atoms with E-state index in [1.807, 2.05) is 7.05 Å². The Morgan fingerprint density at radius 3 is 2.68 bits per heavy atom. The van der Waals surface area contributed by atoms with Gasteiger partial charge in [0.25, 0.3) is 0 Å². The van der Waals surface area contributed by atoms with Crippen LogP contribution in [-0.2, 0) is 6.61 Å². The third-order valence-electron chi connectivity index (χ3n) is 3.99. The lowest BCUT2D eigenvalue weighted by atomic mass is 9.96. The van der Waals surface area contributed by atoms with Crippen molar-refractivity contribution in [2.24, 2.45) is 5.92 Å². The molecule has 1 aliphatic heterocycles. The second-order valence-electron chi connectivity index (χ2n) is 5.56. The lowest BCUT2D eigenvalue weighted by Gasteiger charge is -2.33. The normalized spacial score (nSPS) is 17.7. The Kier molecular flexibility index (Phi) is 4.77. The zero-order chi connectivity index (χ0) is 13.8. The van der Waals surface area contributed by atoms with E-state index in [1.54, 1.807) is 6.07 Å². The van der Waals surface area contributed by atoms with E-state index < -0.39 is 0 Å². The molecule has 1 saturated heterocycles. The minimum absolute atomic E-state index is 0.120. The van der Waals surface area contributed by atoms with Crippen LogP contribution in [0.4, 0.5) is 10.1 Å². The predicted molar refractivity (Wildman–Crippen MR) is 75.8 cm³/mol. The number of nitrogens with zero attached hydrogens (tertiary/aromatic N) is 2. The molecule has 19 heavy (non-hydrogen) atoms.